The minimum Gasteiger partial charge on any atom is -0.409 e. The van der Waals surface area contributed by atoms with Gasteiger partial charge in [-0.3, -0.25) is 0 Å². The van der Waals surface area contributed by atoms with Gasteiger partial charge in [0.15, 0.2) is 6.67 Å². The number of halogens is 1. The molecule has 1 atom stereocenters. The van der Waals surface area contributed by atoms with Crippen LogP contribution in [0.2, 0.25) is 4.34 Å². The molecule has 0 aliphatic heterocycles. The Labute approximate surface area is 142 Å². The molecule has 0 spiro atoms. The summed E-state index contributed by atoms with van der Waals surface area (Å²) in [4.78, 5) is 2.88. The second-order valence-electron chi connectivity index (χ2n) is 5.04. The molecule has 3 aromatic rings. The van der Waals surface area contributed by atoms with Gasteiger partial charge >= 0.3 is 0 Å². The molecule has 7 heteroatoms. The maximum absolute atomic E-state index is 5.96. The average Bonchev–Trinajstić information content (AvgIpc) is 3.07. The van der Waals surface area contributed by atoms with Gasteiger partial charge in [0.2, 0.25) is 5.89 Å². The van der Waals surface area contributed by atoms with E-state index in [2.05, 4.69) is 12.1 Å². The van der Waals surface area contributed by atoms with Crippen molar-refractivity contribution in [2.45, 2.75) is 13.2 Å². The van der Waals surface area contributed by atoms with Crippen molar-refractivity contribution in [3.8, 4) is 11.5 Å². The van der Waals surface area contributed by atoms with Crippen molar-refractivity contribution in [1.29, 1.82) is 0 Å². The van der Waals surface area contributed by atoms with E-state index in [1.165, 1.54) is 9.78 Å². The minimum atomic E-state index is 0.391. The average molecular weight is 353 g/mol. The maximum atomic E-state index is 5.96. The lowest BCUT2D eigenvalue weighted by molar-refractivity contribution is -0.917. The van der Waals surface area contributed by atoms with Gasteiger partial charge in [-0.1, -0.05) is 29.8 Å². The summed E-state index contributed by atoms with van der Waals surface area (Å²) in [5, 5.41) is 4.47. The predicted molar refractivity (Wildman–Crippen MR) is 90.7 cm³/mol. The highest BCUT2D eigenvalue weighted by Gasteiger charge is 2.12. The van der Waals surface area contributed by atoms with Gasteiger partial charge in [0.05, 0.1) is 16.3 Å². The van der Waals surface area contributed by atoms with Crippen LogP contribution in [-0.4, -0.2) is 16.8 Å². The number of nitrogens with one attached hydrogen (secondary N) is 1. The molecular weight excluding hydrogens is 338 g/mol. The van der Waals surface area contributed by atoms with Crippen LogP contribution >= 0.6 is 35.2 Å². The molecule has 114 valence electrons. The van der Waals surface area contributed by atoms with Crippen molar-refractivity contribution in [1.82, 2.24) is 9.78 Å². The number of benzene rings is 1. The van der Waals surface area contributed by atoms with Crippen molar-refractivity contribution in [2.24, 2.45) is 0 Å². The van der Waals surface area contributed by atoms with Gasteiger partial charge < -0.3 is 9.32 Å². The van der Waals surface area contributed by atoms with Crippen molar-refractivity contribution in [3.05, 3.63) is 56.5 Å². The molecule has 2 heterocycles. The lowest BCUT2D eigenvalue weighted by atomic mass is 10.2. The fraction of sp³-hybridized carbons (Fsp3) is 0.200. The molecule has 1 unspecified atom stereocenters. The normalized spacial score (nSPS) is 12.5. The minimum absolute atomic E-state index is 0.391. The first-order chi connectivity index (χ1) is 10.6. The summed E-state index contributed by atoms with van der Waals surface area (Å²) >= 11 is 12.8. The summed E-state index contributed by atoms with van der Waals surface area (Å²) in [6.07, 6.45) is 0. The number of hydrogen-bond acceptors (Lipinski definition) is 4. The Morgan fingerprint density at radius 3 is 2.73 bits per heavy atom. The lowest BCUT2D eigenvalue weighted by Gasteiger charge is -2.11. The molecule has 0 bridgehead atoms. The third-order valence-corrected chi connectivity index (χ3v) is 4.68. The zero-order chi connectivity index (χ0) is 15.5. The largest absolute Gasteiger partial charge is 0.409 e. The van der Waals surface area contributed by atoms with E-state index in [4.69, 9.17) is 28.2 Å². The van der Waals surface area contributed by atoms with Crippen LogP contribution in [0.5, 0.6) is 0 Å². The summed E-state index contributed by atoms with van der Waals surface area (Å²) in [7, 11) is 2.09. The van der Waals surface area contributed by atoms with Crippen molar-refractivity contribution in [3.63, 3.8) is 0 Å². The van der Waals surface area contributed by atoms with Gasteiger partial charge in [-0.05, 0) is 36.5 Å². The third kappa shape index (κ3) is 3.64. The first-order valence-electron chi connectivity index (χ1n) is 6.81. The van der Waals surface area contributed by atoms with E-state index in [0.29, 0.717) is 17.4 Å². The Kier molecular flexibility index (Phi) is 4.73. The summed E-state index contributed by atoms with van der Waals surface area (Å²) < 4.78 is 8.13. The summed E-state index contributed by atoms with van der Waals surface area (Å²) in [5.41, 5.74) is 0.926. The topological polar surface area (TPSA) is 35.4 Å². The van der Waals surface area contributed by atoms with Crippen LogP contribution in [0.15, 0.2) is 46.9 Å². The Hall–Kier alpha value is -1.47. The first kappa shape index (κ1) is 15.4. The second kappa shape index (κ2) is 6.75. The Morgan fingerprint density at radius 1 is 1.27 bits per heavy atom. The van der Waals surface area contributed by atoms with Crippen LogP contribution in [-0.2, 0) is 13.2 Å². The number of rotatable bonds is 5. The highest BCUT2D eigenvalue weighted by molar-refractivity contribution is 7.71. The molecule has 1 aromatic carbocycles. The van der Waals surface area contributed by atoms with Gasteiger partial charge in [-0.2, -0.15) is 4.68 Å². The highest BCUT2D eigenvalue weighted by atomic mass is 35.5. The predicted octanol–water partition coefficient (Wildman–Crippen LogP) is 3.26. The van der Waals surface area contributed by atoms with Gasteiger partial charge in [-0.15, -0.1) is 16.4 Å². The monoisotopic (exact) mass is 352 g/mol. The van der Waals surface area contributed by atoms with Gasteiger partial charge in [0.25, 0.3) is 4.84 Å². The third-order valence-electron chi connectivity index (χ3n) is 3.15. The Bertz CT molecular complexity index is 810. The van der Waals surface area contributed by atoms with Crippen molar-refractivity contribution < 1.29 is 9.32 Å². The quantitative estimate of drug-likeness (QED) is 0.716. The molecule has 2 aromatic heterocycles. The van der Waals surface area contributed by atoms with E-state index in [1.807, 2.05) is 42.5 Å². The van der Waals surface area contributed by atoms with E-state index >= 15 is 0 Å². The van der Waals surface area contributed by atoms with Gasteiger partial charge in [-0.25, -0.2) is 0 Å². The number of hydrogen-bond donors (Lipinski definition) is 1. The SMILES string of the molecule is C[NH+](Cc1ccc(Cl)s1)Cn1nc(-c2ccccc2)oc1=S. The number of thiophene rings is 1. The number of aromatic nitrogens is 2. The standard InChI is InChI=1S/C15H14ClN3OS2/c1-18(9-12-7-8-13(16)22-12)10-19-15(21)20-14(17-19)11-5-3-2-4-6-11/h2-8H,9-10H2,1H3/p+1. The van der Waals surface area contributed by atoms with Crippen molar-refractivity contribution in [2.75, 3.05) is 7.05 Å². The lowest BCUT2D eigenvalue weighted by Crippen LogP contribution is -3.06. The molecular formula is C15H15ClN3OS2+. The molecule has 0 aliphatic carbocycles. The fourth-order valence-corrected chi connectivity index (χ4v) is 3.55. The number of nitrogens with zero attached hydrogens (tertiary/aromatic N) is 2. The maximum Gasteiger partial charge on any atom is 0.292 e. The molecule has 0 fully saturated rings. The summed E-state index contributed by atoms with van der Waals surface area (Å²) in [6, 6.07) is 13.7. The van der Waals surface area contributed by atoms with Crippen LogP contribution in [0.3, 0.4) is 0 Å². The molecule has 0 saturated heterocycles. The van der Waals surface area contributed by atoms with E-state index < -0.39 is 0 Å². The fourth-order valence-electron chi connectivity index (χ4n) is 2.16. The van der Waals surface area contributed by atoms with E-state index in [-0.39, 0.29) is 0 Å². The first-order valence-corrected chi connectivity index (χ1v) is 8.41. The molecule has 4 nitrogen and oxygen atoms in total. The van der Waals surface area contributed by atoms with E-state index in [1.54, 1.807) is 16.0 Å². The smallest absolute Gasteiger partial charge is 0.292 e. The van der Waals surface area contributed by atoms with E-state index in [0.717, 1.165) is 16.4 Å². The van der Waals surface area contributed by atoms with Crippen LogP contribution in [0.1, 0.15) is 4.88 Å². The molecule has 22 heavy (non-hydrogen) atoms. The number of quaternary nitrogens is 1. The summed E-state index contributed by atoms with van der Waals surface area (Å²) in [6.45, 7) is 1.51. The molecule has 0 saturated carbocycles. The molecule has 0 radical (unpaired) electrons. The van der Waals surface area contributed by atoms with Crippen LogP contribution in [0, 0.1) is 4.84 Å². The van der Waals surface area contributed by atoms with Crippen LogP contribution in [0.25, 0.3) is 11.5 Å². The Balaban J connectivity index is 1.73. The zero-order valence-electron chi connectivity index (χ0n) is 12.0. The molecule has 0 aliphatic rings. The zero-order valence-corrected chi connectivity index (χ0v) is 14.3. The van der Waals surface area contributed by atoms with Crippen LogP contribution in [0.4, 0.5) is 0 Å². The van der Waals surface area contributed by atoms with Gasteiger partial charge in [0, 0.05) is 5.56 Å². The second-order valence-corrected chi connectivity index (χ2v) is 7.19. The van der Waals surface area contributed by atoms with Crippen LogP contribution < -0.4 is 4.90 Å². The summed E-state index contributed by atoms with van der Waals surface area (Å²) in [5.74, 6) is 0.553. The molecule has 3 rings (SSSR count). The van der Waals surface area contributed by atoms with E-state index in [9.17, 15) is 0 Å². The Morgan fingerprint density at radius 2 is 2.05 bits per heavy atom. The molecule has 1 N–H and O–H groups in total. The van der Waals surface area contributed by atoms with Gasteiger partial charge in [0.1, 0.15) is 6.54 Å². The molecule has 0 amide bonds. The van der Waals surface area contributed by atoms with Crippen molar-refractivity contribution >= 4 is 35.2 Å². The highest BCUT2D eigenvalue weighted by Crippen LogP contribution is 2.20.